The largest absolute Gasteiger partial charge is 0.313 e. The van der Waals surface area contributed by atoms with Crippen molar-refractivity contribution in [1.82, 2.24) is 10.3 Å². The number of nitrogens with zero attached hydrogens (tertiary/aromatic N) is 1. The van der Waals surface area contributed by atoms with Crippen molar-refractivity contribution in [2.45, 2.75) is 44.6 Å². The van der Waals surface area contributed by atoms with E-state index in [1.54, 1.807) is 0 Å². The van der Waals surface area contributed by atoms with Gasteiger partial charge >= 0.3 is 0 Å². The molecule has 1 N–H and O–H groups in total. The molecule has 2 rings (SSSR count). The number of pyridine rings is 1. The maximum absolute atomic E-state index is 4.22. The van der Waals surface area contributed by atoms with Crippen LogP contribution in [0.5, 0.6) is 0 Å². The maximum atomic E-state index is 4.22. The molecule has 2 nitrogen and oxygen atoms in total. The Morgan fingerprint density at radius 3 is 3.13 bits per heavy atom. The highest BCUT2D eigenvalue weighted by molar-refractivity contribution is 5.18. The van der Waals surface area contributed by atoms with Gasteiger partial charge in [-0.15, -0.1) is 0 Å². The first-order valence-electron chi connectivity index (χ1n) is 6.05. The van der Waals surface area contributed by atoms with Crippen LogP contribution < -0.4 is 5.32 Å². The third kappa shape index (κ3) is 2.57. The molecule has 82 valence electrons. The third-order valence-corrected chi connectivity index (χ3v) is 3.29. The van der Waals surface area contributed by atoms with Crippen LogP contribution in [0.1, 0.15) is 44.1 Å². The van der Waals surface area contributed by atoms with E-state index in [1.165, 1.54) is 31.2 Å². The fourth-order valence-electron chi connectivity index (χ4n) is 2.53. The fourth-order valence-corrected chi connectivity index (χ4v) is 2.53. The molecule has 1 aliphatic rings. The van der Waals surface area contributed by atoms with Crippen LogP contribution in [0.25, 0.3) is 0 Å². The van der Waals surface area contributed by atoms with Gasteiger partial charge in [0.05, 0.1) is 0 Å². The predicted octanol–water partition coefficient (Wildman–Crippen LogP) is 2.72. The van der Waals surface area contributed by atoms with E-state index in [4.69, 9.17) is 0 Å². The van der Waals surface area contributed by atoms with Crippen LogP contribution in [-0.4, -0.2) is 17.6 Å². The predicted molar refractivity (Wildman–Crippen MR) is 62.9 cm³/mol. The molecular formula is C13H20N2. The zero-order chi connectivity index (χ0) is 10.5. The zero-order valence-corrected chi connectivity index (χ0v) is 9.45. The molecule has 1 fully saturated rings. The van der Waals surface area contributed by atoms with Crippen molar-refractivity contribution in [2.75, 3.05) is 6.54 Å². The molecule has 1 aromatic heterocycles. The molecule has 2 atom stereocenters. The Balaban J connectivity index is 2.01. The molecular weight excluding hydrogens is 184 g/mol. The molecule has 0 amide bonds. The van der Waals surface area contributed by atoms with Crippen molar-refractivity contribution >= 4 is 0 Å². The van der Waals surface area contributed by atoms with Gasteiger partial charge < -0.3 is 5.32 Å². The first-order valence-corrected chi connectivity index (χ1v) is 6.05. The minimum Gasteiger partial charge on any atom is -0.313 e. The summed E-state index contributed by atoms with van der Waals surface area (Å²) in [5.74, 6) is 0.685. The standard InChI is InChI=1S/C13H20N2/c1-2-8-15-13-7-3-6-12(13)11-5-4-9-14-10-11/h4-5,9-10,12-13,15H,2-3,6-8H2,1H3. The number of hydrogen-bond acceptors (Lipinski definition) is 2. The van der Waals surface area contributed by atoms with Gasteiger partial charge in [-0.2, -0.15) is 0 Å². The highest BCUT2D eigenvalue weighted by Gasteiger charge is 2.27. The Hall–Kier alpha value is -0.890. The maximum Gasteiger partial charge on any atom is 0.0303 e. The molecule has 1 aliphatic carbocycles. The molecule has 15 heavy (non-hydrogen) atoms. The summed E-state index contributed by atoms with van der Waals surface area (Å²) in [6.45, 7) is 3.36. The smallest absolute Gasteiger partial charge is 0.0303 e. The third-order valence-electron chi connectivity index (χ3n) is 3.29. The zero-order valence-electron chi connectivity index (χ0n) is 9.45. The Morgan fingerprint density at radius 1 is 1.47 bits per heavy atom. The molecule has 1 aromatic rings. The summed E-state index contributed by atoms with van der Waals surface area (Å²) in [7, 11) is 0. The minimum absolute atomic E-state index is 0.675. The van der Waals surface area contributed by atoms with Crippen molar-refractivity contribution in [3.05, 3.63) is 30.1 Å². The van der Waals surface area contributed by atoms with Gasteiger partial charge in [0.15, 0.2) is 0 Å². The topological polar surface area (TPSA) is 24.9 Å². The summed E-state index contributed by atoms with van der Waals surface area (Å²) in [5, 5.41) is 3.65. The summed E-state index contributed by atoms with van der Waals surface area (Å²) in [4.78, 5) is 4.22. The van der Waals surface area contributed by atoms with Crippen molar-refractivity contribution < 1.29 is 0 Å². The summed E-state index contributed by atoms with van der Waals surface area (Å²) in [5.41, 5.74) is 1.41. The molecule has 2 unspecified atom stereocenters. The van der Waals surface area contributed by atoms with Gasteiger partial charge in [0.1, 0.15) is 0 Å². The number of hydrogen-bond donors (Lipinski definition) is 1. The average molecular weight is 204 g/mol. The highest BCUT2D eigenvalue weighted by atomic mass is 14.9. The van der Waals surface area contributed by atoms with Crippen LogP contribution in [0, 0.1) is 0 Å². The SMILES string of the molecule is CCCNC1CCCC1c1cccnc1. The molecule has 1 heterocycles. The van der Waals surface area contributed by atoms with Gasteiger partial charge in [-0.1, -0.05) is 19.4 Å². The Morgan fingerprint density at radius 2 is 2.40 bits per heavy atom. The highest BCUT2D eigenvalue weighted by Crippen LogP contribution is 2.34. The van der Waals surface area contributed by atoms with E-state index in [-0.39, 0.29) is 0 Å². The van der Waals surface area contributed by atoms with E-state index in [1.807, 2.05) is 18.5 Å². The van der Waals surface area contributed by atoms with Crippen LogP contribution in [0.2, 0.25) is 0 Å². The van der Waals surface area contributed by atoms with E-state index in [0.717, 1.165) is 6.54 Å². The summed E-state index contributed by atoms with van der Waals surface area (Å²) >= 11 is 0. The summed E-state index contributed by atoms with van der Waals surface area (Å²) in [6, 6.07) is 4.93. The lowest BCUT2D eigenvalue weighted by molar-refractivity contribution is 0.478. The fraction of sp³-hybridized carbons (Fsp3) is 0.615. The molecule has 0 saturated heterocycles. The van der Waals surface area contributed by atoms with Gasteiger partial charge in [-0.05, 0) is 37.4 Å². The van der Waals surface area contributed by atoms with Gasteiger partial charge in [0, 0.05) is 24.4 Å². The van der Waals surface area contributed by atoms with Gasteiger partial charge in [0.2, 0.25) is 0 Å². The number of rotatable bonds is 4. The average Bonchev–Trinajstić information content (AvgIpc) is 2.75. The van der Waals surface area contributed by atoms with E-state index >= 15 is 0 Å². The Bertz CT molecular complexity index is 284. The van der Waals surface area contributed by atoms with E-state index in [2.05, 4.69) is 23.3 Å². The monoisotopic (exact) mass is 204 g/mol. The second-order valence-electron chi connectivity index (χ2n) is 4.38. The lowest BCUT2D eigenvalue weighted by Gasteiger charge is -2.20. The van der Waals surface area contributed by atoms with Crippen LogP contribution >= 0.6 is 0 Å². The van der Waals surface area contributed by atoms with Crippen LogP contribution in [-0.2, 0) is 0 Å². The summed E-state index contributed by atoms with van der Waals surface area (Å²) < 4.78 is 0. The van der Waals surface area contributed by atoms with E-state index < -0.39 is 0 Å². The van der Waals surface area contributed by atoms with Crippen molar-refractivity contribution in [3.8, 4) is 0 Å². The van der Waals surface area contributed by atoms with E-state index in [0.29, 0.717) is 12.0 Å². The minimum atomic E-state index is 0.675. The quantitative estimate of drug-likeness (QED) is 0.815. The Kier molecular flexibility index (Phi) is 3.73. The van der Waals surface area contributed by atoms with Gasteiger partial charge in [0.25, 0.3) is 0 Å². The molecule has 0 spiro atoms. The molecule has 2 heteroatoms. The second-order valence-corrected chi connectivity index (χ2v) is 4.38. The van der Waals surface area contributed by atoms with Gasteiger partial charge in [-0.25, -0.2) is 0 Å². The molecule has 0 bridgehead atoms. The van der Waals surface area contributed by atoms with Crippen LogP contribution in [0.3, 0.4) is 0 Å². The van der Waals surface area contributed by atoms with Gasteiger partial charge in [-0.3, -0.25) is 4.98 Å². The number of nitrogens with one attached hydrogen (secondary N) is 1. The van der Waals surface area contributed by atoms with Crippen LogP contribution in [0.4, 0.5) is 0 Å². The summed E-state index contributed by atoms with van der Waals surface area (Å²) in [6.07, 6.45) is 9.08. The first kappa shape index (κ1) is 10.6. The van der Waals surface area contributed by atoms with Crippen LogP contribution in [0.15, 0.2) is 24.5 Å². The van der Waals surface area contributed by atoms with Crippen molar-refractivity contribution in [1.29, 1.82) is 0 Å². The Labute approximate surface area is 92.1 Å². The lowest BCUT2D eigenvalue weighted by Crippen LogP contribution is -2.31. The first-order chi connectivity index (χ1) is 7.42. The lowest BCUT2D eigenvalue weighted by atomic mass is 9.95. The normalized spacial score (nSPS) is 25.7. The molecule has 1 saturated carbocycles. The molecule has 0 aromatic carbocycles. The van der Waals surface area contributed by atoms with Crippen molar-refractivity contribution in [2.24, 2.45) is 0 Å². The van der Waals surface area contributed by atoms with E-state index in [9.17, 15) is 0 Å². The number of aromatic nitrogens is 1. The molecule has 0 radical (unpaired) electrons. The molecule has 0 aliphatic heterocycles. The van der Waals surface area contributed by atoms with Crippen molar-refractivity contribution in [3.63, 3.8) is 0 Å². The second kappa shape index (κ2) is 5.26.